The maximum Gasteiger partial charge on any atom is 0.159 e. The van der Waals surface area contributed by atoms with Crippen molar-refractivity contribution in [2.24, 2.45) is 5.92 Å². The van der Waals surface area contributed by atoms with Crippen LogP contribution in [0.2, 0.25) is 0 Å². The van der Waals surface area contributed by atoms with Gasteiger partial charge in [0.2, 0.25) is 0 Å². The lowest BCUT2D eigenvalue weighted by atomic mass is 9.78. The molecule has 0 fully saturated rings. The summed E-state index contributed by atoms with van der Waals surface area (Å²) >= 11 is 0. The zero-order valence-electron chi connectivity index (χ0n) is 21.7. The van der Waals surface area contributed by atoms with E-state index in [4.69, 9.17) is 4.98 Å². The smallest absolute Gasteiger partial charge is 0.159 e. The van der Waals surface area contributed by atoms with Crippen molar-refractivity contribution in [3.8, 4) is 11.3 Å². The minimum absolute atomic E-state index is 0.318. The number of anilines is 3. The van der Waals surface area contributed by atoms with Gasteiger partial charge in [-0.25, -0.2) is 4.98 Å². The van der Waals surface area contributed by atoms with Crippen LogP contribution in [-0.2, 0) is 0 Å². The molecule has 3 aromatic rings. The lowest BCUT2D eigenvalue weighted by Gasteiger charge is -2.47. The van der Waals surface area contributed by atoms with Crippen LogP contribution in [-0.4, -0.2) is 17.2 Å². The van der Waals surface area contributed by atoms with E-state index in [1.54, 1.807) is 0 Å². The van der Waals surface area contributed by atoms with Crippen LogP contribution in [0.15, 0.2) is 66.7 Å². The summed E-state index contributed by atoms with van der Waals surface area (Å²) in [4.78, 5) is 10.3. The molecule has 0 saturated heterocycles. The van der Waals surface area contributed by atoms with Gasteiger partial charge >= 0.3 is 0 Å². The van der Waals surface area contributed by atoms with Gasteiger partial charge < -0.3 is 9.80 Å². The fourth-order valence-corrected chi connectivity index (χ4v) is 5.36. The van der Waals surface area contributed by atoms with Crippen molar-refractivity contribution in [1.29, 1.82) is 0 Å². The molecule has 1 aromatic heterocycles. The first-order valence-electron chi connectivity index (χ1n) is 12.8. The van der Waals surface area contributed by atoms with Crippen LogP contribution in [0.25, 0.3) is 11.3 Å². The minimum atomic E-state index is 0.318. The molecule has 0 saturated carbocycles. The second kappa shape index (κ2) is 10.9. The van der Waals surface area contributed by atoms with Crippen molar-refractivity contribution >= 4 is 17.2 Å². The highest BCUT2D eigenvalue weighted by Crippen LogP contribution is 2.54. The summed E-state index contributed by atoms with van der Waals surface area (Å²) in [6.45, 7) is 17.3. The first kappa shape index (κ1) is 24.8. The van der Waals surface area contributed by atoms with Crippen molar-refractivity contribution in [2.45, 2.75) is 79.9 Å². The lowest BCUT2D eigenvalue weighted by molar-refractivity contribution is 0.322. The number of nitrogens with zero attached hydrogens (tertiary/aromatic N) is 3. The monoisotopic (exact) mass is 443 g/mol. The minimum Gasteiger partial charge on any atom is -0.345 e. The Hall–Kier alpha value is -2.81. The Morgan fingerprint density at radius 1 is 0.818 bits per heavy atom. The second-order valence-corrected chi connectivity index (χ2v) is 8.61. The molecule has 33 heavy (non-hydrogen) atoms. The van der Waals surface area contributed by atoms with E-state index in [2.05, 4.69) is 104 Å². The Balaban J connectivity index is 0.000000728. The number of para-hydroxylation sites is 1. The van der Waals surface area contributed by atoms with Gasteiger partial charge in [0.15, 0.2) is 5.82 Å². The number of rotatable bonds is 3. The Morgan fingerprint density at radius 3 is 2.09 bits per heavy atom. The Labute approximate surface area is 201 Å². The normalized spacial score (nSPS) is 20.1. The summed E-state index contributed by atoms with van der Waals surface area (Å²) < 4.78 is 0. The van der Waals surface area contributed by atoms with Crippen LogP contribution < -0.4 is 9.80 Å². The third kappa shape index (κ3) is 4.26. The molecular formula is C30H41N3. The molecule has 0 amide bonds. The maximum atomic E-state index is 5.22. The zero-order valence-corrected chi connectivity index (χ0v) is 21.7. The molecule has 2 aliphatic heterocycles. The van der Waals surface area contributed by atoms with Gasteiger partial charge in [-0.3, -0.25) is 0 Å². The number of aromatic nitrogens is 1. The largest absolute Gasteiger partial charge is 0.345 e. The zero-order chi connectivity index (χ0) is 24.1. The van der Waals surface area contributed by atoms with Crippen LogP contribution in [0.3, 0.4) is 0 Å². The van der Waals surface area contributed by atoms with E-state index < -0.39 is 0 Å². The molecule has 176 valence electrons. The average Bonchev–Trinajstić information content (AvgIpc) is 3.22. The molecule has 2 aromatic carbocycles. The first-order chi connectivity index (χ1) is 16.1. The van der Waals surface area contributed by atoms with Crippen LogP contribution in [0.5, 0.6) is 0 Å². The van der Waals surface area contributed by atoms with E-state index in [0.717, 1.165) is 17.9 Å². The Kier molecular flexibility index (Phi) is 8.18. The molecule has 3 nitrogen and oxygen atoms in total. The van der Waals surface area contributed by atoms with Gasteiger partial charge in [-0.1, -0.05) is 90.1 Å². The Morgan fingerprint density at radius 2 is 1.45 bits per heavy atom. The van der Waals surface area contributed by atoms with E-state index in [-0.39, 0.29) is 0 Å². The number of pyridine rings is 1. The van der Waals surface area contributed by atoms with Crippen LogP contribution >= 0.6 is 0 Å². The molecule has 3 atom stereocenters. The van der Waals surface area contributed by atoms with Gasteiger partial charge in [0.05, 0.1) is 11.4 Å². The van der Waals surface area contributed by atoms with Crippen LogP contribution in [0.4, 0.5) is 17.2 Å². The molecule has 0 spiro atoms. The SMILES string of the molecule is CC.CC.CCC1C(C)c2ccccc2N2c3nc(-c4ccccc4)ccc3N(C(C)C)C12. The van der Waals surface area contributed by atoms with Crippen molar-refractivity contribution in [3.63, 3.8) is 0 Å². The van der Waals surface area contributed by atoms with Crippen molar-refractivity contribution in [3.05, 3.63) is 72.3 Å². The molecule has 3 heterocycles. The molecule has 0 N–H and O–H groups in total. The highest BCUT2D eigenvalue weighted by atomic mass is 15.5. The molecule has 0 bridgehead atoms. The number of fused-ring (bicyclic) bond motifs is 5. The van der Waals surface area contributed by atoms with Crippen LogP contribution in [0.1, 0.15) is 73.3 Å². The van der Waals surface area contributed by atoms with E-state index in [0.29, 0.717) is 24.0 Å². The van der Waals surface area contributed by atoms with Gasteiger partial charge in [0.1, 0.15) is 6.17 Å². The quantitative estimate of drug-likeness (QED) is 0.404. The van der Waals surface area contributed by atoms with E-state index in [1.807, 2.05) is 27.7 Å². The second-order valence-electron chi connectivity index (χ2n) is 8.61. The molecule has 0 aliphatic carbocycles. The molecule has 2 aliphatic rings. The van der Waals surface area contributed by atoms with E-state index in [1.165, 1.54) is 22.5 Å². The average molecular weight is 444 g/mol. The molecular weight excluding hydrogens is 402 g/mol. The number of hydrogen-bond donors (Lipinski definition) is 0. The summed E-state index contributed by atoms with van der Waals surface area (Å²) in [6.07, 6.45) is 1.47. The number of hydrogen-bond acceptors (Lipinski definition) is 3. The lowest BCUT2D eigenvalue weighted by Crippen LogP contribution is -2.53. The molecule has 3 unspecified atom stereocenters. The van der Waals surface area contributed by atoms with Gasteiger partial charge in [0.25, 0.3) is 0 Å². The predicted molar refractivity (Wildman–Crippen MR) is 145 cm³/mol. The van der Waals surface area contributed by atoms with Crippen molar-refractivity contribution in [2.75, 3.05) is 9.80 Å². The van der Waals surface area contributed by atoms with Gasteiger partial charge in [-0.2, -0.15) is 0 Å². The molecule has 5 rings (SSSR count). The summed E-state index contributed by atoms with van der Waals surface area (Å²) in [5, 5.41) is 0. The molecule has 3 heteroatoms. The summed E-state index contributed by atoms with van der Waals surface area (Å²) in [6, 6.07) is 24.3. The first-order valence-corrected chi connectivity index (χ1v) is 12.8. The highest BCUT2D eigenvalue weighted by Gasteiger charge is 2.48. The third-order valence-corrected chi connectivity index (χ3v) is 6.72. The predicted octanol–water partition coefficient (Wildman–Crippen LogP) is 8.64. The van der Waals surface area contributed by atoms with Crippen molar-refractivity contribution < 1.29 is 0 Å². The summed E-state index contributed by atoms with van der Waals surface area (Å²) in [5.41, 5.74) is 6.22. The van der Waals surface area contributed by atoms with E-state index in [9.17, 15) is 0 Å². The number of benzene rings is 2. The molecule has 0 radical (unpaired) electrons. The van der Waals surface area contributed by atoms with Gasteiger partial charge in [-0.15, -0.1) is 0 Å². The Bertz CT molecular complexity index is 1030. The fraction of sp³-hybridized carbons (Fsp3) is 0.433. The maximum absolute atomic E-state index is 5.22. The summed E-state index contributed by atoms with van der Waals surface area (Å²) in [7, 11) is 0. The standard InChI is InChI=1S/C26H29N3.2C2H6/c1-5-20-18(4)21-13-9-10-14-23(21)29-25-24(28(17(2)3)26(20)29)16-15-22(27-25)19-11-7-6-8-12-19;2*1-2/h6-18,20,26H,5H2,1-4H3;2*1-2H3. The van der Waals surface area contributed by atoms with Crippen LogP contribution in [0, 0.1) is 5.92 Å². The summed E-state index contributed by atoms with van der Waals surface area (Å²) in [5.74, 6) is 2.19. The highest BCUT2D eigenvalue weighted by molar-refractivity contribution is 5.85. The topological polar surface area (TPSA) is 19.4 Å². The van der Waals surface area contributed by atoms with Crippen molar-refractivity contribution in [1.82, 2.24) is 4.98 Å². The third-order valence-electron chi connectivity index (χ3n) is 6.72. The van der Waals surface area contributed by atoms with Gasteiger partial charge in [-0.05, 0) is 49.9 Å². The van der Waals surface area contributed by atoms with Gasteiger partial charge in [0, 0.05) is 23.2 Å². The van der Waals surface area contributed by atoms with E-state index >= 15 is 0 Å². The fourth-order valence-electron chi connectivity index (χ4n) is 5.36.